The second-order valence-electron chi connectivity index (χ2n) is 8.35. The number of hydrogen-bond acceptors (Lipinski definition) is 4. The number of hydrogen-bond donors (Lipinski definition) is 1. The van der Waals surface area contributed by atoms with Gasteiger partial charge < -0.3 is 14.8 Å². The molecule has 0 fully saturated rings. The van der Waals surface area contributed by atoms with Gasteiger partial charge in [-0.25, -0.2) is 4.79 Å². The minimum atomic E-state index is -0.627. The van der Waals surface area contributed by atoms with Crippen molar-refractivity contribution in [3.8, 4) is 0 Å². The molecule has 0 bridgehead atoms. The van der Waals surface area contributed by atoms with Gasteiger partial charge in [0, 0.05) is 4.47 Å². The first-order chi connectivity index (χ1) is 14.2. The van der Waals surface area contributed by atoms with Crippen LogP contribution in [0.2, 0.25) is 0 Å². The van der Waals surface area contributed by atoms with E-state index in [9.17, 15) is 9.59 Å². The number of unbranched alkanes of at least 4 members (excludes halogenated alkanes) is 5. The molecule has 6 heteroatoms. The number of nitrogens with one attached hydrogen (secondary N) is 1. The van der Waals surface area contributed by atoms with Gasteiger partial charge in [0.15, 0.2) is 0 Å². The van der Waals surface area contributed by atoms with Crippen molar-refractivity contribution in [1.82, 2.24) is 5.32 Å². The first kappa shape index (κ1) is 26.2. The Balaban J connectivity index is 2.57. The first-order valence-corrected chi connectivity index (χ1v) is 11.6. The molecule has 1 atom stereocenters. The van der Waals surface area contributed by atoms with E-state index in [-0.39, 0.29) is 12.6 Å². The molecule has 0 saturated carbocycles. The summed E-state index contributed by atoms with van der Waals surface area (Å²) in [5, 5.41) is 2.45. The van der Waals surface area contributed by atoms with E-state index >= 15 is 0 Å². The minimum Gasteiger partial charge on any atom is -0.457 e. The molecule has 0 heterocycles. The number of carbonyl (C=O) groups is 2. The summed E-state index contributed by atoms with van der Waals surface area (Å²) >= 11 is 3.43. The fourth-order valence-corrected chi connectivity index (χ4v) is 3.05. The molecule has 1 rings (SSSR count). The average Bonchev–Trinajstić information content (AvgIpc) is 2.67. The Kier molecular flexibility index (Phi) is 12.4. The standard InChI is InChI=1S/C24H36BrNO4/c1-5-6-7-8-9-10-11-21(17-14-19-12-15-20(25)16-13-19)29-22(27)18-26-23(28)30-24(2,3)4/h12-17,21H,5-11,18H2,1-4H3,(H,26,28)/b17-14+. The summed E-state index contributed by atoms with van der Waals surface area (Å²) in [5.41, 5.74) is 0.427. The lowest BCUT2D eigenvalue weighted by molar-refractivity contribution is -0.146. The summed E-state index contributed by atoms with van der Waals surface area (Å²) < 4.78 is 11.8. The molecule has 0 spiro atoms. The molecular weight excluding hydrogens is 446 g/mol. The molecule has 30 heavy (non-hydrogen) atoms. The smallest absolute Gasteiger partial charge is 0.408 e. The van der Waals surface area contributed by atoms with Crippen molar-refractivity contribution in [2.24, 2.45) is 0 Å². The van der Waals surface area contributed by atoms with Crippen LogP contribution >= 0.6 is 15.9 Å². The quantitative estimate of drug-likeness (QED) is 0.268. The van der Waals surface area contributed by atoms with E-state index in [1.165, 1.54) is 25.7 Å². The molecule has 0 radical (unpaired) electrons. The molecule has 5 nitrogen and oxygen atoms in total. The number of carbonyl (C=O) groups excluding carboxylic acids is 2. The van der Waals surface area contributed by atoms with Crippen molar-refractivity contribution in [3.05, 3.63) is 40.4 Å². The van der Waals surface area contributed by atoms with Crippen LogP contribution in [-0.2, 0) is 14.3 Å². The molecular formula is C24H36BrNO4. The van der Waals surface area contributed by atoms with Gasteiger partial charge in [-0.15, -0.1) is 0 Å². The van der Waals surface area contributed by atoms with E-state index in [1.54, 1.807) is 20.8 Å². The van der Waals surface area contributed by atoms with Crippen LogP contribution in [-0.4, -0.2) is 30.3 Å². The zero-order valence-electron chi connectivity index (χ0n) is 18.7. The molecule has 1 N–H and O–H groups in total. The SMILES string of the molecule is CCCCCCCCC(/C=C/c1ccc(Br)cc1)OC(=O)CNC(=O)OC(C)(C)C. The summed E-state index contributed by atoms with van der Waals surface area (Å²) in [6.45, 7) is 7.30. The van der Waals surface area contributed by atoms with Gasteiger partial charge in [-0.1, -0.05) is 73.2 Å². The lowest BCUT2D eigenvalue weighted by Gasteiger charge is -2.20. The molecule has 0 aliphatic carbocycles. The van der Waals surface area contributed by atoms with E-state index in [0.717, 1.165) is 29.3 Å². The van der Waals surface area contributed by atoms with Crippen LogP contribution in [0.3, 0.4) is 0 Å². The Bertz CT molecular complexity index is 665. The maximum absolute atomic E-state index is 12.2. The van der Waals surface area contributed by atoms with Crippen LogP contribution in [0.1, 0.15) is 78.2 Å². The van der Waals surface area contributed by atoms with Crippen molar-refractivity contribution in [3.63, 3.8) is 0 Å². The molecule has 1 aromatic carbocycles. The van der Waals surface area contributed by atoms with Crippen molar-refractivity contribution in [2.45, 2.75) is 84.3 Å². The lowest BCUT2D eigenvalue weighted by Crippen LogP contribution is -2.36. The second-order valence-corrected chi connectivity index (χ2v) is 9.27. The zero-order valence-corrected chi connectivity index (χ0v) is 20.3. The van der Waals surface area contributed by atoms with Crippen molar-refractivity contribution < 1.29 is 19.1 Å². The first-order valence-electron chi connectivity index (χ1n) is 10.8. The van der Waals surface area contributed by atoms with E-state index in [1.807, 2.05) is 36.4 Å². The fourth-order valence-electron chi connectivity index (χ4n) is 2.78. The van der Waals surface area contributed by atoms with Gasteiger partial charge in [0.05, 0.1) is 0 Å². The largest absolute Gasteiger partial charge is 0.457 e. The third-order valence-electron chi connectivity index (χ3n) is 4.27. The number of esters is 1. The Hall–Kier alpha value is -1.82. The molecule has 1 aromatic rings. The second kappa shape index (κ2) is 14.2. The summed E-state index contributed by atoms with van der Waals surface area (Å²) in [6, 6.07) is 7.93. The van der Waals surface area contributed by atoms with Gasteiger partial charge in [-0.2, -0.15) is 0 Å². The Morgan fingerprint density at radius 1 is 1.07 bits per heavy atom. The monoisotopic (exact) mass is 481 g/mol. The molecule has 1 amide bonds. The molecule has 0 saturated heterocycles. The molecule has 0 aliphatic heterocycles. The number of benzene rings is 1. The number of alkyl carbamates (subject to hydrolysis) is 1. The third-order valence-corrected chi connectivity index (χ3v) is 4.80. The van der Waals surface area contributed by atoms with Crippen LogP contribution in [0.4, 0.5) is 4.79 Å². The van der Waals surface area contributed by atoms with Crippen LogP contribution in [0.25, 0.3) is 6.08 Å². The third kappa shape index (κ3) is 13.4. The van der Waals surface area contributed by atoms with Crippen molar-refractivity contribution >= 4 is 34.1 Å². The number of ether oxygens (including phenoxy) is 2. The van der Waals surface area contributed by atoms with E-state index in [4.69, 9.17) is 9.47 Å². The van der Waals surface area contributed by atoms with E-state index in [2.05, 4.69) is 28.2 Å². The highest BCUT2D eigenvalue weighted by atomic mass is 79.9. The lowest BCUT2D eigenvalue weighted by atomic mass is 10.1. The van der Waals surface area contributed by atoms with Gasteiger partial charge in [0.25, 0.3) is 0 Å². The van der Waals surface area contributed by atoms with Crippen LogP contribution in [0.15, 0.2) is 34.8 Å². The van der Waals surface area contributed by atoms with Gasteiger partial charge in [0.2, 0.25) is 0 Å². The van der Waals surface area contributed by atoms with Crippen molar-refractivity contribution in [1.29, 1.82) is 0 Å². The number of amides is 1. The predicted octanol–water partition coefficient (Wildman–Crippen LogP) is 6.65. The van der Waals surface area contributed by atoms with Gasteiger partial charge in [0.1, 0.15) is 18.2 Å². The molecule has 168 valence electrons. The van der Waals surface area contributed by atoms with Gasteiger partial charge in [-0.05, 0) is 57.4 Å². The highest BCUT2D eigenvalue weighted by Gasteiger charge is 2.18. The topological polar surface area (TPSA) is 64.6 Å². The summed E-state index contributed by atoms with van der Waals surface area (Å²) in [5.74, 6) is -0.475. The van der Waals surface area contributed by atoms with Crippen LogP contribution in [0.5, 0.6) is 0 Å². The average molecular weight is 482 g/mol. The molecule has 1 unspecified atom stereocenters. The summed E-state index contributed by atoms with van der Waals surface area (Å²) in [6.07, 6.45) is 10.7. The van der Waals surface area contributed by atoms with Gasteiger partial charge in [-0.3, -0.25) is 4.79 Å². The number of halogens is 1. The number of rotatable bonds is 12. The van der Waals surface area contributed by atoms with E-state index < -0.39 is 17.7 Å². The minimum absolute atomic E-state index is 0.214. The van der Waals surface area contributed by atoms with E-state index in [0.29, 0.717) is 0 Å². The Morgan fingerprint density at radius 2 is 1.70 bits per heavy atom. The van der Waals surface area contributed by atoms with Crippen LogP contribution in [0, 0.1) is 0 Å². The van der Waals surface area contributed by atoms with Crippen molar-refractivity contribution in [2.75, 3.05) is 6.54 Å². The normalized spacial score (nSPS) is 12.6. The molecule has 0 aromatic heterocycles. The Labute approximate surface area is 189 Å². The van der Waals surface area contributed by atoms with Gasteiger partial charge >= 0.3 is 12.1 Å². The maximum atomic E-state index is 12.2. The summed E-state index contributed by atoms with van der Waals surface area (Å²) in [4.78, 5) is 23.9. The van der Waals surface area contributed by atoms with Crippen LogP contribution < -0.4 is 5.32 Å². The maximum Gasteiger partial charge on any atom is 0.408 e. The zero-order chi connectivity index (χ0) is 22.4. The Morgan fingerprint density at radius 3 is 2.33 bits per heavy atom. The highest BCUT2D eigenvalue weighted by Crippen LogP contribution is 2.15. The fraction of sp³-hybridized carbons (Fsp3) is 0.583. The summed E-state index contributed by atoms with van der Waals surface area (Å²) in [7, 11) is 0. The predicted molar refractivity (Wildman–Crippen MR) is 125 cm³/mol. The molecule has 0 aliphatic rings. The highest BCUT2D eigenvalue weighted by molar-refractivity contribution is 9.10.